The third kappa shape index (κ3) is 3.34. The predicted molar refractivity (Wildman–Crippen MR) is 103 cm³/mol. The second-order valence-electron chi connectivity index (χ2n) is 6.61. The van der Waals surface area contributed by atoms with Gasteiger partial charge in [0.15, 0.2) is 6.61 Å². The van der Waals surface area contributed by atoms with Crippen LogP contribution < -0.4 is 14.5 Å². The van der Waals surface area contributed by atoms with E-state index in [0.29, 0.717) is 6.54 Å². The summed E-state index contributed by atoms with van der Waals surface area (Å²) >= 11 is 0. The summed E-state index contributed by atoms with van der Waals surface area (Å²) in [6.07, 6.45) is 0. The van der Waals surface area contributed by atoms with Gasteiger partial charge in [0.25, 0.3) is 5.91 Å². The van der Waals surface area contributed by atoms with Crippen LogP contribution in [0.4, 0.5) is 11.4 Å². The number of fused-ring (bicyclic) bond motifs is 1. The van der Waals surface area contributed by atoms with E-state index in [1.165, 1.54) is 5.56 Å². The Hall–Kier alpha value is -2.49. The molecule has 1 atom stereocenters. The Morgan fingerprint density at radius 3 is 2.56 bits per heavy atom. The molecule has 0 N–H and O–H groups in total. The number of anilines is 2. The van der Waals surface area contributed by atoms with E-state index in [9.17, 15) is 4.79 Å². The summed E-state index contributed by atoms with van der Waals surface area (Å²) in [5.74, 6) is 0.776. The molecule has 3 rings (SSSR count). The van der Waals surface area contributed by atoms with Gasteiger partial charge in [0.1, 0.15) is 5.75 Å². The third-order valence-electron chi connectivity index (χ3n) is 5.01. The zero-order valence-corrected chi connectivity index (χ0v) is 15.5. The van der Waals surface area contributed by atoms with Crippen LogP contribution in [-0.2, 0) is 4.79 Å². The maximum Gasteiger partial charge on any atom is 0.265 e. The van der Waals surface area contributed by atoms with Gasteiger partial charge in [-0.25, -0.2) is 0 Å². The molecular formula is C21H26N2O2. The van der Waals surface area contributed by atoms with Gasteiger partial charge in [-0.15, -0.1) is 0 Å². The number of hydrogen-bond donors (Lipinski definition) is 0. The summed E-state index contributed by atoms with van der Waals surface area (Å²) in [5.41, 5.74) is 4.33. The van der Waals surface area contributed by atoms with E-state index >= 15 is 0 Å². The monoisotopic (exact) mass is 338 g/mol. The first kappa shape index (κ1) is 17.3. The minimum absolute atomic E-state index is 0.00374. The van der Waals surface area contributed by atoms with Crippen molar-refractivity contribution in [1.82, 2.24) is 0 Å². The minimum Gasteiger partial charge on any atom is -0.483 e. The molecule has 1 unspecified atom stereocenters. The Morgan fingerprint density at radius 2 is 1.84 bits per heavy atom. The quantitative estimate of drug-likeness (QED) is 0.846. The van der Waals surface area contributed by atoms with E-state index in [1.807, 2.05) is 55.1 Å². The highest BCUT2D eigenvalue weighted by Gasteiger charge is 2.30. The van der Waals surface area contributed by atoms with Gasteiger partial charge in [-0.05, 0) is 57.0 Å². The second-order valence-corrected chi connectivity index (χ2v) is 6.61. The van der Waals surface area contributed by atoms with Gasteiger partial charge in [0.2, 0.25) is 0 Å². The first-order valence-electron chi connectivity index (χ1n) is 8.88. The Bertz CT molecular complexity index is 772. The topological polar surface area (TPSA) is 32.8 Å². The SMILES string of the molecule is CCN1c2ccccc2N(C(=O)COc2cccc(C)c2C)CC1C. The van der Waals surface area contributed by atoms with Crippen LogP contribution in [0.5, 0.6) is 5.75 Å². The maximum absolute atomic E-state index is 12.9. The smallest absolute Gasteiger partial charge is 0.265 e. The number of amides is 1. The van der Waals surface area contributed by atoms with Crippen molar-refractivity contribution >= 4 is 17.3 Å². The molecule has 1 aliphatic rings. The van der Waals surface area contributed by atoms with Crippen LogP contribution >= 0.6 is 0 Å². The van der Waals surface area contributed by atoms with Gasteiger partial charge in [0, 0.05) is 19.1 Å². The lowest BCUT2D eigenvalue weighted by molar-refractivity contribution is -0.120. The van der Waals surface area contributed by atoms with Crippen molar-refractivity contribution in [3.05, 3.63) is 53.6 Å². The average molecular weight is 338 g/mol. The number of rotatable bonds is 4. The van der Waals surface area contributed by atoms with Crippen molar-refractivity contribution < 1.29 is 9.53 Å². The fourth-order valence-electron chi connectivity index (χ4n) is 3.45. The number of aryl methyl sites for hydroxylation is 1. The van der Waals surface area contributed by atoms with Crippen LogP contribution in [0.25, 0.3) is 0 Å². The Kier molecular flexibility index (Phi) is 4.98. The van der Waals surface area contributed by atoms with Gasteiger partial charge in [-0.2, -0.15) is 0 Å². The van der Waals surface area contributed by atoms with E-state index in [4.69, 9.17) is 4.74 Å². The van der Waals surface area contributed by atoms with E-state index in [2.05, 4.69) is 24.8 Å². The van der Waals surface area contributed by atoms with Gasteiger partial charge < -0.3 is 14.5 Å². The second kappa shape index (κ2) is 7.18. The Labute approximate surface area is 150 Å². The lowest BCUT2D eigenvalue weighted by Gasteiger charge is -2.42. The zero-order chi connectivity index (χ0) is 18.0. The van der Waals surface area contributed by atoms with E-state index < -0.39 is 0 Å². The molecule has 4 heteroatoms. The molecule has 0 radical (unpaired) electrons. The van der Waals surface area contributed by atoms with Crippen LogP contribution in [0.1, 0.15) is 25.0 Å². The summed E-state index contributed by atoms with van der Waals surface area (Å²) in [4.78, 5) is 17.0. The third-order valence-corrected chi connectivity index (χ3v) is 5.01. The number of carbonyl (C=O) groups is 1. The molecule has 0 saturated carbocycles. The first-order chi connectivity index (χ1) is 12.0. The largest absolute Gasteiger partial charge is 0.483 e. The Morgan fingerprint density at radius 1 is 1.12 bits per heavy atom. The van der Waals surface area contributed by atoms with Gasteiger partial charge in [0.05, 0.1) is 11.4 Å². The summed E-state index contributed by atoms with van der Waals surface area (Å²) < 4.78 is 5.83. The molecule has 0 fully saturated rings. The summed E-state index contributed by atoms with van der Waals surface area (Å²) in [7, 11) is 0. The van der Waals surface area contributed by atoms with E-state index in [-0.39, 0.29) is 18.6 Å². The molecule has 1 heterocycles. The van der Waals surface area contributed by atoms with Gasteiger partial charge >= 0.3 is 0 Å². The highest BCUT2D eigenvalue weighted by molar-refractivity contribution is 5.99. The molecule has 2 aromatic rings. The number of para-hydroxylation sites is 2. The predicted octanol–water partition coefficient (Wildman–Crippen LogP) is 3.94. The molecule has 0 bridgehead atoms. The van der Waals surface area contributed by atoms with Crippen molar-refractivity contribution in [1.29, 1.82) is 0 Å². The van der Waals surface area contributed by atoms with Crippen molar-refractivity contribution in [2.45, 2.75) is 33.7 Å². The molecular weight excluding hydrogens is 312 g/mol. The van der Waals surface area contributed by atoms with Crippen LogP contribution in [0.3, 0.4) is 0 Å². The Balaban J connectivity index is 1.79. The number of likely N-dealkylation sites (N-methyl/N-ethyl adjacent to an activating group) is 1. The van der Waals surface area contributed by atoms with Crippen LogP contribution in [0, 0.1) is 13.8 Å². The molecule has 1 aliphatic heterocycles. The standard InChI is InChI=1S/C21H26N2O2/c1-5-22-16(3)13-23(19-11-7-6-10-18(19)22)21(24)14-25-20-12-8-9-15(2)17(20)4/h6-12,16H,5,13-14H2,1-4H3. The molecule has 25 heavy (non-hydrogen) atoms. The van der Waals surface area contributed by atoms with Crippen molar-refractivity contribution in [2.24, 2.45) is 0 Å². The van der Waals surface area contributed by atoms with Crippen LogP contribution in [-0.4, -0.2) is 31.6 Å². The average Bonchev–Trinajstić information content (AvgIpc) is 2.62. The number of hydrogen-bond acceptors (Lipinski definition) is 3. The molecule has 0 spiro atoms. The van der Waals surface area contributed by atoms with E-state index in [0.717, 1.165) is 29.2 Å². The van der Waals surface area contributed by atoms with Crippen LogP contribution in [0.15, 0.2) is 42.5 Å². The normalized spacial score (nSPS) is 16.6. The number of ether oxygens (including phenoxy) is 1. The van der Waals surface area contributed by atoms with Crippen molar-refractivity contribution in [3.8, 4) is 5.75 Å². The summed E-state index contributed by atoms with van der Waals surface area (Å²) in [6.45, 7) is 10.0. The number of carbonyl (C=O) groups excluding carboxylic acids is 1. The van der Waals surface area contributed by atoms with Gasteiger partial charge in [-0.1, -0.05) is 24.3 Å². The molecule has 1 amide bonds. The number of nitrogens with zero attached hydrogens (tertiary/aromatic N) is 2. The highest BCUT2D eigenvalue weighted by Crippen LogP contribution is 2.35. The highest BCUT2D eigenvalue weighted by atomic mass is 16.5. The van der Waals surface area contributed by atoms with Crippen molar-refractivity contribution in [2.75, 3.05) is 29.5 Å². The molecule has 132 valence electrons. The fraction of sp³-hybridized carbons (Fsp3) is 0.381. The zero-order valence-electron chi connectivity index (χ0n) is 15.5. The van der Waals surface area contributed by atoms with Crippen molar-refractivity contribution in [3.63, 3.8) is 0 Å². The fourth-order valence-corrected chi connectivity index (χ4v) is 3.45. The molecule has 0 saturated heterocycles. The van der Waals surface area contributed by atoms with Gasteiger partial charge in [-0.3, -0.25) is 4.79 Å². The minimum atomic E-state index is -0.00374. The molecule has 2 aromatic carbocycles. The summed E-state index contributed by atoms with van der Waals surface area (Å²) in [5, 5.41) is 0. The summed E-state index contributed by atoms with van der Waals surface area (Å²) in [6, 6.07) is 14.3. The molecule has 0 aliphatic carbocycles. The lowest BCUT2D eigenvalue weighted by Crippen LogP contribution is -2.50. The van der Waals surface area contributed by atoms with E-state index in [1.54, 1.807) is 0 Å². The van der Waals surface area contributed by atoms with Crippen LogP contribution in [0.2, 0.25) is 0 Å². The number of benzene rings is 2. The molecule has 4 nitrogen and oxygen atoms in total. The lowest BCUT2D eigenvalue weighted by atomic mass is 10.1. The molecule has 0 aromatic heterocycles. The maximum atomic E-state index is 12.9. The first-order valence-corrected chi connectivity index (χ1v) is 8.88.